The van der Waals surface area contributed by atoms with E-state index in [9.17, 15) is 27.6 Å². The smallest absolute Gasteiger partial charge is 0.306 e. The van der Waals surface area contributed by atoms with Crippen LogP contribution >= 0.6 is 0 Å². The summed E-state index contributed by atoms with van der Waals surface area (Å²) in [5.41, 5.74) is 12.4. The minimum absolute atomic E-state index is 0.0457. The van der Waals surface area contributed by atoms with Crippen LogP contribution in [0.2, 0.25) is 0 Å². The van der Waals surface area contributed by atoms with Crippen LogP contribution in [0.5, 0.6) is 0 Å². The Morgan fingerprint density at radius 1 is 1.02 bits per heavy atom. The number of guanidine groups is 1. The highest BCUT2D eigenvalue weighted by molar-refractivity contribution is 7.88. The second-order valence-corrected chi connectivity index (χ2v) is 13.4. The van der Waals surface area contributed by atoms with Gasteiger partial charge in [0, 0.05) is 32.6 Å². The number of benzene rings is 1. The number of sulfonamides is 1. The Bertz CT molecular complexity index is 1280. The van der Waals surface area contributed by atoms with Crippen LogP contribution < -0.4 is 11.5 Å². The van der Waals surface area contributed by atoms with E-state index in [-0.39, 0.29) is 43.8 Å². The summed E-state index contributed by atoms with van der Waals surface area (Å²) in [6, 6.07) is 7.37. The van der Waals surface area contributed by atoms with E-state index < -0.39 is 45.8 Å². The molecule has 13 nitrogen and oxygen atoms in total. The van der Waals surface area contributed by atoms with E-state index in [1.54, 1.807) is 18.7 Å². The molecule has 1 aromatic rings. The lowest BCUT2D eigenvalue weighted by atomic mass is 9.95. The van der Waals surface area contributed by atoms with Crippen molar-refractivity contribution in [3.05, 3.63) is 35.9 Å². The molecule has 0 bridgehead atoms. The number of rotatable bonds is 12. The number of primary amides is 1. The second-order valence-electron chi connectivity index (χ2n) is 11.5. The first-order valence-electron chi connectivity index (χ1n) is 14.7. The zero-order valence-corrected chi connectivity index (χ0v) is 26.0. The van der Waals surface area contributed by atoms with Crippen molar-refractivity contribution in [3.8, 4) is 0 Å². The summed E-state index contributed by atoms with van der Waals surface area (Å²) in [7, 11) is -3.84. The number of nitrogens with zero attached hydrogens (tertiary/aromatic N) is 4. The lowest BCUT2D eigenvalue weighted by Gasteiger charge is -2.38. The van der Waals surface area contributed by atoms with Gasteiger partial charge in [-0.2, -0.15) is 9.30 Å². The van der Waals surface area contributed by atoms with Crippen molar-refractivity contribution in [2.75, 3.05) is 32.4 Å². The highest BCUT2D eigenvalue weighted by atomic mass is 32.2. The van der Waals surface area contributed by atoms with E-state index in [0.717, 1.165) is 11.8 Å². The molecule has 238 valence electrons. The summed E-state index contributed by atoms with van der Waals surface area (Å²) < 4.78 is 32.6. The number of piperidine rings is 1. The van der Waals surface area contributed by atoms with Gasteiger partial charge < -0.3 is 26.0 Å². The fourth-order valence-corrected chi connectivity index (χ4v) is 6.65. The fraction of sp³-hybridized carbons (Fsp3) is 0.621. The first-order chi connectivity index (χ1) is 20.3. The molecule has 0 spiro atoms. The van der Waals surface area contributed by atoms with Gasteiger partial charge in [0.15, 0.2) is 5.96 Å². The van der Waals surface area contributed by atoms with Crippen LogP contribution in [0.1, 0.15) is 57.9 Å². The number of likely N-dealkylation sites (tertiary alicyclic amines) is 2. The third-order valence-electron chi connectivity index (χ3n) is 7.72. The molecular formula is C29H44N6O7S. The van der Waals surface area contributed by atoms with Crippen molar-refractivity contribution < 1.29 is 32.3 Å². The number of ether oxygens (including phenoxy) is 1. The van der Waals surface area contributed by atoms with Crippen LogP contribution in [-0.4, -0.2) is 103 Å². The molecule has 3 amide bonds. The van der Waals surface area contributed by atoms with Gasteiger partial charge in [-0.3, -0.25) is 19.2 Å². The van der Waals surface area contributed by atoms with Gasteiger partial charge in [-0.05, 0) is 57.4 Å². The molecular weight excluding hydrogens is 576 g/mol. The second kappa shape index (κ2) is 15.3. The molecule has 3 rings (SSSR count). The maximum absolute atomic E-state index is 13.9. The van der Waals surface area contributed by atoms with E-state index in [4.69, 9.17) is 16.2 Å². The Balaban J connectivity index is 1.70. The van der Waals surface area contributed by atoms with Crippen molar-refractivity contribution in [2.24, 2.45) is 22.4 Å². The molecule has 0 saturated carbocycles. The van der Waals surface area contributed by atoms with Crippen molar-refractivity contribution >= 4 is 39.7 Å². The quantitative estimate of drug-likeness (QED) is 0.192. The van der Waals surface area contributed by atoms with Crippen LogP contribution in [0.15, 0.2) is 35.3 Å². The number of aliphatic imine (C=N–C) groups is 1. The van der Waals surface area contributed by atoms with Gasteiger partial charge in [-0.1, -0.05) is 30.3 Å². The summed E-state index contributed by atoms with van der Waals surface area (Å²) in [5.74, 6) is -2.08. The Kier molecular flexibility index (Phi) is 12.1. The lowest BCUT2D eigenvalue weighted by Crippen LogP contribution is -2.56. The number of amides is 3. The van der Waals surface area contributed by atoms with E-state index in [0.29, 0.717) is 45.3 Å². The minimum atomic E-state index is -3.84. The van der Waals surface area contributed by atoms with E-state index in [1.165, 1.54) is 9.21 Å². The van der Waals surface area contributed by atoms with Gasteiger partial charge in [0.1, 0.15) is 12.1 Å². The summed E-state index contributed by atoms with van der Waals surface area (Å²) in [5, 5.41) is 0. The third kappa shape index (κ3) is 10.0. The van der Waals surface area contributed by atoms with Crippen molar-refractivity contribution in [3.63, 3.8) is 0 Å². The topological polar surface area (TPSA) is 186 Å². The molecule has 43 heavy (non-hydrogen) atoms. The number of esters is 1. The standard InChI is InChI=1S/C29H44N6O7S/c1-20(2)42-26(37)12-11-25(36)32-29(31)33-16-13-22(14-17-33)19-35(43(3,40)41)24(18-21-8-5-4-6-9-21)28(39)34-15-7-10-23(34)27(30)38/h4-6,8-9,20,22-24H,7,10-19H2,1-3H3,(H2,30,38)(H2,31,32,36)/t23-,24+/m0/s1. The van der Waals surface area contributed by atoms with Gasteiger partial charge >= 0.3 is 5.97 Å². The van der Waals surface area contributed by atoms with Crippen molar-refractivity contribution in [2.45, 2.75) is 77.0 Å². The molecule has 0 aromatic heterocycles. The molecule has 0 unspecified atom stereocenters. The highest BCUT2D eigenvalue weighted by Crippen LogP contribution is 2.26. The normalized spacial score (nSPS) is 19.1. The summed E-state index contributed by atoms with van der Waals surface area (Å²) in [6.45, 7) is 4.77. The number of carbonyl (C=O) groups is 4. The highest BCUT2D eigenvalue weighted by Gasteiger charge is 2.41. The van der Waals surface area contributed by atoms with Crippen molar-refractivity contribution in [1.29, 1.82) is 0 Å². The molecule has 0 aliphatic carbocycles. The molecule has 2 saturated heterocycles. The molecule has 2 aliphatic rings. The van der Waals surface area contributed by atoms with Crippen molar-refractivity contribution in [1.82, 2.24) is 14.1 Å². The van der Waals surface area contributed by atoms with Crippen LogP contribution in [0.25, 0.3) is 0 Å². The Hall–Kier alpha value is -3.52. The molecule has 4 N–H and O–H groups in total. The molecule has 14 heteroatoms. The molecule has 2 aliphatic heterocycles. The summed E-state index contributed by atoms with van der Waals surface area (Å²) in [6.07, 6.45) is 2.94. The Morgan fingerprint density at radius 3 is 2.26 bits per heavy atom. The fourth-order valence-electron chi connectivity index (χ4n) is 5.55. The largest absolute Gasteiger partial charge is 0.463 e. The average molecular weight is 621 g/mol. The number of carbonyl (C=O) groups excluding carboxylic acids is 4. The lowest BCUT2D eigenvalue weighted by molar-refractivity contribution is -0.148. The minimum Gasteiger partial charge on any atom is -0.463 e. The summed E-state index contributed by atoms with van der Waals surface area (Å²) in [4.78, 5) is 57.0. The zero-order valence-electron chi connectivity index (χ0n) is 25.2. The third-order valence-corrected chi connectivity index (χ3v) is 8.98. The number of hydrogen-bond acceptors (Lipinski definition) is 7. The van der Waals surface area contributed by atoms with Gasteiger partial charge in [-0.25, -0.2) is 8.42 Å². The van der Waals surface area contributed by atoms with Crippen LogP contribution in [0, 0.1) is 5.92 Å². The van der Waals surface area contributed by atoms with E-state index >= 15 is 0 Å². The van der Waals surface area contributed by atoms with Crippen LogP contribution in [-0.2, 0) is 40.4 Å². The molecule has 2 fully saturated rings. The van der Waals surface area contributed by atoms with Gasteiger partial charge in [0.05, 0.1) is 18.8 Å². The Labute approximate surface area is 253 Å². The van der Waals surface area contributed by atoms with E-state index in [1.807, 2.05) is 30.3 Å². The number of nitrogens with two attached hydrogens (primary N) is 2. The SMILES string of the molecule is CC(C)OC(=O)CCC(=O)N=C(N)N1CCC(CN([C@H](Cc2ccccc2)C(=O)N2CCC[C@H]2C(N)=O)S(C)(=O)=O)CC1. The predicted octanol–water partition coefficient (Wildman–Crippen LogP) is 0.621. The molecule has 2 heterocycles. The van der Waals surface area contributed by atoms with Crippen LogP contribution in [0.4, 0.5) is 0 Å². The molecule has 1 aromatic carbocycles. The average Bonchev–Trinajstić information content (AvgIpc) is 3.44. The molecule has 0 radical (unpaired) electrons. The van der Waals surface area contributed by atoms with Gasteiger partial charge in [-0.15, -0.1) is 0 Å². The van der Waals surface area contributed by atoms with Crippen LogP contribution in [0.3, 0.4) is 0 Å². The Morgan fingerprint density at radius 2 is 1.67 bits per heavy atom. The van der Waals surface area contributed by atoms with Gasteiger partial charge in [0.25, 0.3) is 0 Å². The predicted molar refractivity (Wildman–Crippen MR) is 161 cm³/mol. The number of hydrogen-bond donors (Lipinski definition) is 2. The monoisotopic (exact) mass is 620 g/mol. The first kappa shape index (κ1) is 34.0. The maximum atomic E-state index is 13.9. The first-order valence-corrected chi connectivity index (χ1v) is 16.5. The van der Waals surface area contributed by atoms with E-state index in [2.05, 4.69) is 4.99 Å². The molecule has 2 atom stereocenters. The summed E-state index contributed by atoms with van der Waals surface area (Å²) >= 11 is 0. The van der Waals surface area contributed by atoms with Gasteiger partial charge in [0.2, 0.25) is 27.7 Å². The maximum Gasteiger partial charge on any atom is 0.306 e. The zero-order chi connectivity index (χ0) is 31.7.